The smallest absolute Gasteiger partial charge is 0.335 e. The fourth-order valence-electron chi connectivity index (χ4n) is 2.59. The lowest BCUT2D eigenvalue weighted by atomic mass is 10.1. The minimum absolute atomic E-state index is 0.00724. The summed E-state index contributed by atoms with van der Waals surface area (Å²) < 4.78 is 23.7. The molecule has 8 heteroatoms. The van der Waals surface area contributed by atoms with Crippen LogP contribution >= 0.6 is 15.9 Å². The third-order valence-electron chi connectivity index (χ3n) is 3.64. The van der Waals surface area contributed by atoms with E-state index < -0.39 is 15.8 Å². The van der Waals surface area contributed by atoms with E-state index >= 15 is 0 Å². The van der Waals surface area contributed by atoms with Crippen molar-refractivity contribution in [3.05, 3.63) is 33.8 Å². The number of carbonyl (C=O) groups excluding carboxylic acids is 1. The maximum absolute atomic E-state index is 12.6. The zero-order valence-electron chi connectivity index (χ0n) is 12.0. The number of aromatic carboxylic acids is 1. The molecule has 2 rings (SSSR count). The Morgan fingerprint density at radius 3 is 2.45 bits per heavy atom. The molecule has 1 heterocycles. The Labute approximate surface area is 137 Å². The summed E-state index contributed by atoms with van der Waals surface area (Å²) in [5.74, 6) is -1.43. The van der Waals surface area contributed by atoms with E-state index in [4.69, 9.17) is 5.11 Å². The van der Waals surface area contributed by atoms with Crippen LogP contribution in [0.5, 0.6) is 0 Å². The Morgan fingerprint density at radius 1 is 1.32 bits per heavy atom. The van der Waals surface area contributed by atoms with Crippen LogP contribution in [0.3, 0.4) is 0 Å². The Balaban J connectivity index is 2.31. The standard InChI is InChI=1S/C14H16BrNO5S/c1-2-16(12-3-4-22(20,21)8-12)13(17)9-5-10(14(18)19)7-11(15)6-9/h5-7,12H,2-4,8H2,1H3,(H,18,19). The van der Waals surface area contributed by atoms with Crippen molar-refractivity contribution >= 4 is 37.6 Å². The van der Waals surface area contributed by atoms with E-state index in [1.807, 2.05) is 0 Å². The van der Waals surface area contributed by atoms with E-state index in [1.54, 1.807) is 13.0 Å². The van der Waals surface area contributed by atoms with Crippen LogP contribution < -0.4 is 0 Å². The van der Waals surface area contributed by atoms with Gasteiger partial charge in [-0.2, -0.15) is 0 Å². The molecular weight excluding hydrogens is 374 g/mol. The van der Waals surface area contributed by atoms with Crippen LogP contribution in [0.1, 0.15) is 34.1 Å². The van der Waals surface area contributed by atoms with Gasteiger partial charge in [-0.05, 0) is 31.5 Å². The summed E-state index contributed by atoms with van der Waals surface area (Å²) in [6.45, 7) is 2.15. The van der Waals surface area contributed by atoms with Gasteiger partial charge in [-0.25, -0.2) is 13.2 Å². The monoisotopic (exact) mass is 389 g/mol. The van der Waals surface area contributed by atoms with Gasteiger partial charge < -0.3 is 10.0 Å². The van der Waals surface area contributed by atoms with E-state index in [0.717, 1.165) is 0 Å². The van der Waals surface area contributed by atoms with Crippen LogP contribution in [0, 0.1) is 0 Å². The highest BCUT2D eigenvalue weighted by atomic mass is 79.9. The molecule has 6 nitrogen and oxygen atoms in total. The number of amides is 1. The minimum Gasteiger partial charge on any atom is -0.478 e. The SMILES string of the molecule is CCN(C(=O)c1cc(Br)cc(C(=O)O)c1)C1CCS(=O)(=O)C1. The molecule has 0 spiro atoms. The molecule has 120 valence electrons. The first-order valence-electron chi connectivity index (χ1n) is 6.79. The predicted octanol–water partition coefficient (Wildman–Crippen LogP) is 1.80. The van der Waals surface area contributed by atoms with Crippen LogP contribution in [-0.4, -0.2) is 54.4 Å². The topological polar surface area (TPSA) is 91.8 Å². The Bertz CT molecular complexity index is 716. The third kappa shape index (κ3) is 3.67. The second-order valence-electron chi connectivity index (χ2n) is 5.18. The highest BCUT2D eigenvalue weighted by molar-refractivity contribution is 9.10. The molecule has 0 saturated carbocycles. The van der Waals surface area contributed by atoms with Gasteiger partial charge in [-0.1, -0.05) is 15.9 Å². The van der Waals surface area contributed by atoms with E-state index in [9.17, 15) is 18.0 Å². The van der Waals surface area contributed by atoms with Gasteiger partial charge in [0.2, 0.25) is 0 Å². The van der Waals surface area contributed by atoms with Crippen molar-refractivity contribution in [2.75, 3.05) is 18.1 Å². The molecule has 1 amide bonds. The largest absolute Gasteiger partial charge is 0.478 e. The lowest BCUT2D eigenvalue weighted by Gasteiger charge is -2.27. The molecule has 1 N–H and O–H groups in total. The maximum atomic E-state index is 12.6. The van der Waals surface area contributed by atoms with Crippen molar-refractivity contribution in [1.82, 2.24) is 4.90 Å². The quantitative estimate of drug-likeness (QED) is 0.847. The molecule has 1 aliphatic heterocycles. The molecule has 0 bridgehead atoms. The number of nitrogens with zero attached hydrogens (tertiary/aromatic N) is 1. The highest BCUT2D eigenvalue weighted by Crippen LogP contribution is 2.22. The average molecular weight is 390 g/mol. The molecule has 1 aromatic carbocycles. The Hall–Kier alpha value is -1.41. The van der Waals surface area contributed by atoms with Gasteiger partial charge in [0.15, 0.2) is 9.84 Å². The van der Waals surface area contributed by atoms with Crippen molar-refractivity contribution in [1.29, 1.82) is 0 Å². The molecule has 0 aromatic heterocycles. The van der Waals surface area contributed by atoms with Crippen LogP contribution in [-0.2, 0) is 9.84 Å². The summed E-state index contributed by atoms with van der Waals surface area (Å²) in [7, 11) is -3.09. The van der Waals surface area contributed by atoms with Gasteiger partial charge in [0, 0.05) is 22.6 Å². The molecule has 1 saturated heterocycles. The third-order valence-corrected chi connectivity index (χ3v) is 5.85. The number of rotatable bonds is 4. The number of sulfone groups is 1. The van der Waals surface area contributed by atoms with Gasteiger partial charge in [0.05, 0.1) is 17.1 Å². The van der Waals surface area contributed by atoms with Crippen LogP contribution in [0.15, 0.2) is 22.7 Å². The summed E-state index contributed by atoms with van der Waals surface area (Å²) in [5.41, 5.74) is 0.241. The van der Waals surface area contributed by atoms with Crippen molar-refractivity contribution in [3.8, 4) is 0 Å². The minimum atomic E-state index is -3.09. The van der Waals surface area contributed by atoms with Crippen LogP contribution in [0.2, 0.25) is 0 Å². The molecule has 0 radical (unpaired) electrons. The highest BCUT2D eigenvalue weighted by Gasteiger charge is 2.34. The number of carbonyl (C=O) groups is 2. The normalized spacial score (nSPS) is 19.8. The van der Waals surface area contributed by atoms with E-state index in [2.05, 4.69) is 15.9 Å². The van der Waals surface area contributed by atoms with Gasteiger partial charge in [0.25, 0.3) is 5.91 Å². The summed E-state index contributed by atoms with van der Waals surface area (Å²) in [6, 6.07) is 3.91. The molecule has 1 unspecified atom stereocenters. The van der Waals surface area contributed by atoms with Crippen LogP contribution in [0.4, 0.5) is 0 Å². The fourth-order valence-corrected chi connectivity index (χ4v) is 4.82. The van der Waals surface area contributed by atoms with Crippen molar-refractivity contribution in [2.24, 2.45) is 0 Å². The van der Waals surface area contributed by atoms with Gasteiger partial charge in [-0.3, -0.25) is 4.79 Å². The molecule has 22 heavy (non-hydrogen) atoms. The molecule has 1 fully saturated rings. The zero-order chi connectivity index (χ0) is 16.5. The van der Waals surface area contributed by atoms with Gasteiger partial charge in [0.1, 0.15) is 0 Å². The number of hydrogen-bond donors (Lipinski definition) is 1. The van der Waals surface area contributed by atoms with Crippen molar-refractivity contribution in [2.45, 2.75) is 19.4 Å². The lowest BCUT2D eigenvalue weighted by molar-refractivity contribution is 0.0696. The van der Waals surface area contributed by atoms with Gasteiger partial charge >= 0.3 is 5.97 Å². The first kappa shape index (κ1) is 17.0. The second kappa shape index (κ2) is 6.37. The number of benzene rings is 1. The van der Waals surface area contributed by atoms with Crippen LogP contribution in [0.25, 0.3) is 0 Å². The number of carboxylic acids is 1. The second-order valence-corrected chi connectivity index (χ2v) is 8.33. The molecule has 0 aliphatic carbocycles. The molecule has 1 aromatic rings. The fraction of sp³-hybridized carbons (Fsp3) is 0.429. The Kier molecular flexibility index (Phi) is 4.91. The first-order chi connectivity index (χ1) is 10.2. The molecule has 1 atom stereocenters. The maximum Gasteiger partial charge on any atom is 0.335 e. The van der Waals surface area contributed by atoms with E-state index in [-0.39, 0.29) is 34.6 Å². The average Bonchev–Trinajstić information content (AvgIpc) is 2.78. The van der Waals surface area contributed by atoms with E-state index in [0.29, 0.717) is 17.4 Å². The summed E-state index contributed by atoms with van der Waals surface area (Å²) in [6.07, 6.45) is 0.418. The van der Waals surface area contributed by atoms with E-state index in [1.165, 1.54) is 17.0 Å². The number of carboxylic acid groups (broad SMARTS) is 1. The lowest BCUT2D eigenvalue weighted by Crippen LogP contribution is -2.41. The summed E-state index contributed by atoms with van der Waals surface area (Å²) >= 11 is 3.19. The molecule has 1 aliphatic rings. The molecular formula is C14H16BrNO5S. The number of hydrogen-bond acceptors (Lipinski definition) is 4. The zero-order valence-corrected chi connectivity index (χ0v) is 14.4. The Morgan fingerprint density at radius 2 is 1.95 bits per heavy atom. The predicted molar refractivity (Wildman–Crippen MR) is 84.9 cm³/mol. The summed E-state index contributed by atoms with van der Waals surface area (Å²) in [4.78, 5) is 25.2. The van der Waals surface area contributed by atoms with Crippen molar-refractivity contribution < 1.29 is 23.1 Å². The summed E-state index contributed by atoms with van der Waals surface area (Å²) in [5, 5.41) is 9.07. The first-order valence-corrected chi connectivity index (χ1v) is 9.40. The number of halogens is 1. The van der Waals surface area contributed by atoms with Gasteiger partial charge in [-0.15, -0.1) is 0 Å². The van der Waals surface area contributed by atoms with Crippen molar-refractivity contribution in [3.63, 3.8) is 0 Å².